The Bertz CT molecular complexity index is 127. The van der Waals surface area contributed by atoms with Gasteiger partial charge in [0.25, 0.3) is 0 Å². The monoisotopic (exact) mass is 169 g/mol. The molecule has 1 atom stereocenters. The molecule has 0 radical (unpaired) electrons. The Balaban J connectivity index is 3.75. The van der Waals surface area contributed by atoms with Gasteiger partial charge in [0.05, 0.1) is 0 Å². The van der Waals surface area contributed by atoms with Crippen LogP contribution in [-0.4, -0.2) is 18.0 Å². The minimum absolute atomic E-state index is 0.660. The molecule has 0 saturated heterocycles. The predicted molar refractivity (Wildman–Crippen MR) is 56.1 cm³/mol. The molecule has 0 aliphatic heterocycles. The first-order chi connectivity index (χ1) is 5.57. The maximum absolute atomic E-state index is 2.30. The van der Waals surface area contributed by atoms with E-state index in [9.17, 15) is 0 Å². The molecule has 0 saturated carbocycles. The lowest BCUT2D eigenvalue weighted by Gasteiger charge is -2.24. The summed E-state index contributed by atoms with van der Waals surface area (Å²) < 4.78 is 0. The molecule has 1 nitrogen and oxygen atoms in total. The Morgan fingerprint density at radius 2 is 1.83 bits per heavy atom. The van der Waals surface area contributed by atoms with E-state index in [2.05, 4.69) is 51.9 Å². The number of nitrogens with zero attached hydrogens (tertiary/aromatic N) is 1. The number of rotatable bonds is 5. The number of allylic oxidation sites excluding steroid dienone is 1. The van der Waals surface area contributed by atoms with Gasteiger partial charge in [0, 0.05) is 13.1 Å². The summed E-state index contributed by atoms with van der Waals surface area (Å²) in [7, 11) is 2.15. The van der Waals surface area contributed by atoms with Gasteiger partial charge in [0.15, 0.2) is 0 Å². The normalized spacial score (nSPS) is 14.2. The van der Waals surface area contributed by atoms with Crippen LogP contribution < -0.4 is 0 Å². The van der Waals surface area contributed by atoms with E-state index in [-0.39, 0.29) is 0 Å². The molecule has 0 aromatic heterocycles. The highest BCUT2D eigenvalue weighted by molar-refractivity contribution is 4.82. The molecule has 0 aromatic carbocycles. The molecular formula is C11H23N. The van der Waals surface area contributed by atoms with Crippen LogP contribution in [0, 0.1) is 5.92 Å². The van der Waals surface area contributed by atoms with Crippen molar-refractivity contribution in [2.45, 2.75) is 46.6 Å². The summed E-state index contributed by atoms with van der Waals surface area (Å²) in [6, 6.07) is 0.660. The van der Waals surface area contributed by atoms with E-state index in [1.807, 2.05) is 0 Å². The highest BCUT2D eigenvalue weighted by Gasteiger charge is 2.06. The van der Waals surface area contributed by atoms with Gasteiger partial charge in [-0.2, -0.15) is 0 Å². The molecular weight excluding hydrogens is 146 g/mol. The molecule has 1 heteroatoms. The van der Waals surface area contributed by atoms with Crippen LogP contribution in [0.1, 0.15) is 40.5 Å². The molecule has 1 unspecified atom stereocenters. The van der Waals surface area contributed by atoms with Crippen molar-refractivity contribution in [3.05, 3.63) is 12.3 Å². The molecule has 0 amide bonds. The molecule has 0 fully saturated rings. The van der Waals surface area contributed by atoms with Crippen LogP contribution in [-0.2, 0) is 0 Å². The van der Waals surface area contributed by atoms with Gasteiger partial charge in [-0.3, -0.25) is 0 Å². The first kappa shape index (κ1) is 11.5. The van der Waals surface area contributed by atoms with Crippen molar-refractivity contribution in [3.8, 4) is 0 Å². The van der Waals surface area contributed by atoms with Gasteiger partial charge >= 0.3 is 0 Å². The molecule has 0 aromatic rings. The third kappa shape index (κ3) is 5.22. The lowest BCUT2D eigenvalue weighted by Crippen LogP contribution is -2.25. The van der Waals surface area contributed by atoms with Crippen molar-refractivity contribution in [1.29, 1.82) is 0 Å². The Labute approximate surface area is 77.5 Å². The zero-order chi connectivity index (χ0) is 9.56. The predicted octanol–water partition coefficient (Wildman–Crippen LogP) is 3.28. The van der Waals surface area contributed by atoms with E-state index in [1.54, 1.807) is 0 Å². The highest BCUT2D eigenvalue weighted by atomic mass is 15.1. The van der Waals surface area contributed by atoms with Crippen LogP contribution >= 0.6 is 0 Å². The Kier molecular flexibility index (Phi) is 5.87. The first-order valence-corrected chi connectivity index (χ1v) is 4.96. The van der Waals surface area contributed by atoms with Gasteiger partial charge in [-0.05, 0) is 31.9 Å². The fourth-order valence-corrected chi connectivity index (χ4v) is 1.27. The zero-order valence-corrected chi connectivity index (χ0v) is 9.17. The molecule has 0 N–H and O–H groups in total. The molecule has 0 aliphatic rings. The van der Waals surface area contributed by atoms with Gasteiger partial charge < -0.3 is 4.90 Å². The van der Waals surface area contributed by atoms with Crippen molar-refractivity contribution in [3.63, 3.8) is 0 Å². The summed E-state index contributed by atoms with van der Waals surface area (Å²) in [5, 5.41) is 0. The minimum atomic E-state index is 0.660. The second-order valence-electron chi connectivity index (χ2n) is 3.94. The summed E-state index contributed by atoms with van der Waals surface area (Å²) in [5.41, 5.74) is 0. The second kappa shape index (κ2) is 6.10. The molecule has 72 valence electrons. The SMILES string of the molecule is CC/C=C\N(C)C(C)CC(C)C. The maximum atomic E-state index is 2.30. The Hall–Kier alpha value is -0.460. The fourth-order valence-electron chi connectivity index (χ4n) is 1.27. The van der Waals surface area contributed by atoms with Crippen molar-refractivity contribution in [2.24, 2.45) is 5.92 Å². The second-order valence-corrected chi connectivity index (χ2v) is 3.94. The standard InChI is InChI=1S/C11H23N/c1-6-7-8-12(5)11(4)9-10(2)3/h7-8,10-11H,6,9H2,1-5H3/b8-7-. The van der Waals surface area contributed by atoms with Crippen molar-refractivity contribution in [1.82, 2.24) is 4.90 Å². The summed E-state index contributed by atoms with van der Waals surface area (Å²) in [6.45, 7) is 8.99. The highest BCUT2D eigenvalue weighted by Crippen LogP contribution is 2.09. The van der Waals surface area contributed by atoms with Gasteiger partial charge in [-0.1, -0.05) is 26.8 Å². The van der Waals surface area contributed by atoms with Crippen molar-refractivity contribution in [2.75, 3.05) is 7.05 Å². The maximum Gasteiger partial charge on any atom is 0.0255 e. The van der Waals surface area contributed by atoms with E-state index >= 15 is 0 Å². The topological polar surface area (TPSA) is 3.24 Å². The number of hydrogen-bond donors (Lipinski definition) is 0. The average molecular weight is 169 g/mol. The van der Waals surface area contributed by atoms with Crippen LogP contribution in [0.25, 0.3) is 0 Å². The van der Waals surface area contributed by atoms with E-state index in [0.29, 0.717) is 6.04 Å². The third-order valence-electron chi connectivity index (χ3n) is 2.08. The molecule has 0 rings (SSSR count). The lowest BCUT2D eigenvalue weighted by molar-refractivity contribution is 0.303. The largest absolute Gasteiger partial charge is 0.378 e. The summed E-state index contributed by atoms with van der Waals surface area (Å²) in [6.07, 6.45) is 6.78. The van der Waals surface area contributed by atoms with Gasteiger partial charge in [-0.15, -0.1) is 0 Å². The summed E-state index contributed by atoms with van der Waals surface area (Å²) in [4.78, 5) is 2.30. The van der Waals surface area contributed by atoms with Crippen LogP contribution in [0.4, 0.5) is 0 Å². The molecule has 0 aliphatic carbocycles. The fraction of sp³-hybridized carbons (Fsp3) is 0.818. The number of hydrogen-bond acceptors (Lipinski definition) is 1. The first-order valence-electron chi connectivity index (χ1n) is 4.96. The summed E-state index contributed by atoms with van der Waals surface area (Å²) >= 11 is 0. The van der Waals surface area contributed by atoms with Gasteiger partial charge in [-0.25, -0.2) is 0 Å². The van der Waals surface area contributed by atoms with Crippen LogP contribution in [0.5, 0.6) is 0 Å². The van der Waals surface area contributed by atoms with Crippen molar-refractivity contribution >= 4 is 0 Å². The molecule has 0 spiro atoms. The smallest absolute Gasteiger partial charge is 0.0255 e. The minimum Gasteiger partial charge on any atom is -0.378 e. The van der Waals surface area contributed by atoms with Gasteiger partial charge in [0.1, 0.15) is 0 Å². The third-order valence-corrected chi connectivity index (χ3v) is 2.08. The van der Waals surface area contributed by atoms with Crippen LogP contribution in [0.2, 0.25) is 0 Å². The Morgan fingerprint density at radius 1 is 1.25 bits per heavy atom. The average Bonchev–Trinajstić information content (AvgIpc) is 1.98. The quantitative estimate of drug-likeness (QED) is 0.610. The van der Waals surface area contributed by atoms with E-state index in [1.165, 1.54) is 6.42 Å². The van der Waals surface area contributed by atoms with E-state index in [0.717, 1.165) is 12.3 Å². The Morgan fingerprint density at radius 3 is 2.25 bits per heavy atom. The molecule has 12 heavy (non-hydrogen) atoms. The lowest BCUT2D eigenvalue weighted by atomic mass is 10.0. The van der Waals surface area contributed by atoms with Crippen LogP contribution in [0.3, 0.4) is 0 Å². The van der Waals surface area contributed by atoms with E-state index < -0.39 is 0 Å². The van der Waals surface area contributed by atoms with E-state index in [4.69, 9.17) is 0 Å². The molecule has 0 bridgehead atoms. The van der Waals surface area contributed by atoms with Crippen molar-refractivity contribution < 1.29 is 0 Å². The van der Waals surface area contributed by atoms with Crippen LogP contribution in [0.15, 0.2) is 12.3 Å². The molecule has 0 heterocycles. The summed E-state index contributed by atoms with van der Waals surface area (Å²) in [5.74, 6) is 0.789. The zero-order valence-electron chi connectivity index (χ0n) is 9.17. The van der Waals surface area contributed by atoms with Gasteiger partial charge in [0.2, 0.25) is 0 Å².